The molecule has 1 unspecified atom stereocenters. The second-order valence-corrected chi connectivity index (χ2v) is 4.62. The molecule has 0 radical (unpaired) electrons. The normalized spacial score (nSPS) is 20.7. The Morgan fingerprint density at radius 3 is 2.79 bits per heavy atom. The highest BCUT2D eigenvalue weighted by Gasteiger charge is 2.33. The molecule has 0 bridgehead atoms. The van der Waals surface area contributed by atoms with Gasteiger partial charge >= 0.3 is 0 Å². The Hall–Kier alpha value is -1.59. The van der Waals surface area contributed by atoms with Crippen molar-refractivity contribution < 1.29 is 9.53 Å². The number of amides is 1. The third kappa shape index (κ3) is 2.72. The molecule has 5 nitrogen and oxygen atoms in total. The number of ether oxygens (including phenoxy) is 1. The van der Waals surface area contributed by atoms with Crippen LogP contribution in [-0.2, 0) is 4.79 Å². The number of para-hydroxylation sites is 2. The third-order valence-electron chi connectivity index (χ3n) is 3.44. The lowest BCUT2D eigenvalue weighted by molar-refractivity contribution is -0.124. The van der Waals surface area contributed by atoms with Crippen LogP contribution in [0.4, 0.5) is 5.69 Å². The van der Waals surface area contributed by atoms with Gasteiger partial charge in [-0.2, -0.15) is 0 Å². The first-order chi connectivity index (χ1) is 9.19. The Morgan fingerprint density at radius 2 is 2.11 bits per heavy atom. The summed E-state index contributed by atoms with van der Waals surface area (Å²) in [5, 5.41) is 0. The molecule has 2 N–H and O–H groups in total. The Morgan fingerprint density at radius 1 is 1.37 bits per heavy atom. The molecule has 0 aromatic heterocycles. The first kappa shape index (κ1) is 13.8. The van der Waals surface area contributed by atoms with E-state index in [9.17, 15) is 4.79 Å². The summed E-state index contributed by atoms with van der Waals surface area (Å²) in [6.45, 7) is 4.33. The summed E-state index contributed by atoms with van der Waals surface area (Å²) in [7, 11) is 1.93. The zero-order valence-electron chi connectivity index (χ0n) is 11.5. The fourth-order valence-corrected chi connectivity index (χ4v) is 2.37. The van der Waals surface area contributed by atoms with Crippen molar-refractivity contribution in [2.75, 3.05) is 38.2 Å². The van der Waals surface area contributed by atoms with Crippen molar-refractivity contribution in [3.8, 4) is 5.75 Å². The number of hydrogen-bond acceptors (Lipinski definition) is 4. The highest BCUT2D eigenvalue weighted by atomic mass is 16.5. The van der Waals surface area contributed by atoms with E-state index in [1.165, 1.54) is 0 Å². The van der Waals surface area contributed by atoms with Crippen molar-refractivity contribution in [3.63, 3.8) is 0 Å². The smallest absolute Gasteiger partial charge is 0.245 e. The van der Waals surface area contributed by atoms with Gasteiger partial charge in [-0.15, -0.1) is 0 Å². The molecule has 5 heteroatoms. The van der Waals surface area contributed by atoms with Crippen LogP contribution in [0.15, 0.2) is 24.3 Å². The number of likely N-dealkylation sites (N-methyl/N-ethyl adjacent to an activating group) is 1. The molecule has 1 atom stereocenters. The Labute approximate surface area is 113 Å². The summed E-state index contributed by atoms with van der Waals surface area (Å²) in [4.78, 5) is 16.3. The molecule has 0 saturated carbocycles. The molecule has 1 aliphatic rings. The number of carbonyl (C=O) groups excluding carboxylic acids is 1. The number of rotatable bonds is 4. The van der Waals surface area contributed by atoms with Gasteiger partial charge in [0.05, 0.1) is 12.3 Å². The van der Waals surface area contributed by atoms with Gasteiger partial charge in [-0.05, 0) is 26.1 Å². The highest BCUT2D eigenvalue weighted by Crippen LogP contribution is 2.30. The van der Waals surface area contributed by atoms with Crippen LogP contribution in [0, 0.1) is 0 Å². The lowest BCUT2D eigenvalue weighted by Crippen LogP contribution is -2.58. The first-order valence-corrected chi connectivity index (χ1v) is 6.62. The molecule has 1 fully saturated rings. The average Bonchev–Trinajstić information content (AvgIpc) is 2.41. The van der Waals surface area contributed by atoms with E-state index in [2.05, 4.69) is 0 Å². The summed E-state index contributed by atoms with van der Waals surface area (Å²) in [5.74, 6) is 0.794. The summed E-state index contributed by atoms with van der Waals surface area (Å²) in [5.41, 5.74) is 6.53. The second-order valence-electron chi connectivity index (χ2n) is 4.62. The quantitative estimate of drug-likeness (QED) is 0.868. The van der Waals surface area contributed by atoms with E-state index in [4.69, 9.17) is 10.5 Å². The fraction of sp³-hybridized carbons (Fsp3) is 0.500. The van der Waals surface area contributed by atoms with Gasteiger partial charge in [0.2, 0.25) is 5.91 Å². The largest absolute Gasteiger partial charge is 0.492 e. The molecule has 19 heavy (non-hydrogen) atoms. The van der Waals surface area contributed by atoms with Crippen LogP contribution in [0.25, 0.3) is 0 Å². The predicted molar refractivity (Wildman–Crippen MR) is 75.4 cm³/mol. The highest BCUT2D eigenvalue weighted by molar-refractivity contribution is 5.99. The maximum Gasteiger partial charge on any atom is 0.245 e. The number of anilines is 1. The molecule has 0 aliphatic carbocycles. The molecule has 1 aromatic carbocycles. The van der Waals surface area contributed by atoms with Gasteiger partial charge in [0.25, 0.3) is 0 Å². The fourth-order valence-electron chi connectivity index (χ4n) is 2.37. The van der Waals surface area contributed by atoms with E-state index < -0.39 is 0 Å². The number of hydrogen-bond donors (Lipinski definition) is 1. The maximum atomic E-state index is 12.5. The molecule has 1 aromatic rings. The Bertz CT molecular complexity index is 450. The van der Waals surface area contributed by atoms with Gasteiger partial charge < -0.3 is 15.4 Å². The van der Waals surface area contributed by atoms with Crippen molar-refractivity contribution >= 4 is 11.6 Å². The SMILES string of the molecule is CCOc1ccccc1N1CCN(C)C(CN)C1=O. The van der Waals surface area contributed by atoms with Crippen LogP contribution in [0.2, 0.25) is 0 Å². The molecule has 1 aliphatic heterocycles. The minimum Gasteiger partial charge on any atom is -0.492 e. The van der Waals surface area contributed by atoms with E-state index in [1.807, 2.05) is 43.1 Å². The predicted octanol–water partition coefficient (Wildman–Crippen LogP) is 0.691. The van der Waals surface area contributed by atoms with E-state index in [0.29, 0.717) is 19.7 Å². The van der Waals surface area contributed by atoms with Crippen molar-refractivity contribution in [1.29, 1.82) is 0 Å². The first-order valence-electron chi connectivity index (χ1n) is 6.62. The Balaban J connectivity index is 2.29. The Kier molecular flexibility index (Phi) is 4.39. The topological polar surface area (TPSA) is 58.8 Å². The second kappa shape index (κ2) is 6.04. The number of carbonyl (C=O) groups is 1. The standard InChI is InChI=1S/C14H21N3O2/c1-3-19-13-7-5-4-6-11(13)17-9-8-16(2)12(10-15)14(17)18/h4-7,12H,3,8-10,15H2,1-2H3. The summed E-state index contributed by atoms with van der Waals surface area (Å²) >= 11 is 0. The molecule has 1 saturated heterocycles. The van der Waals surface area contributed by atoms with Crippen LogP contribution in [0.5, 0.6) is 5.75 Å². The zero-order chi connectivity index (χ0) is 13.8. The van der Waals surface area contributed by atoms with Crippen molar-refractivity contribution in [3.05, 3.63) is 24.3 Å². The van der Waals surface area contributed by atoms with E-state index in [0.717, 1.165) is 18.0 Å². The van der Waals surface area contributed by atoms with E-state index in [-0.39, 0.29) is 11.9 Å². The van der Waals surface area contributed by atoms with Crippen LogP contribution < -0.4 is 15.4 Å². The molecule has 104 valence electrons. The molecular formula is C14H21N3O2. The number of nitrogens with zero attached hydrogens (tertiary/aromatic N) is 2. The van der Waals surface area contributed by atoms with Gasteiger partial charge in [0.15, 0.2) is 0 Å². The molecule has 1 heterocycles. The molecule has 2 rings (SSSR count). The van der Waals surface area contributed by atoms with Crippen molar-refractivity contribution in [2.24, 2.45) is 5.73 Å². The van der Waals surface area contributed by atoms with Crippen molar-refractivity contribution in [2.45, 2.75) is 13.0 Å². The van der Waals surface area contributed by atoms with E-state index in [1.54, 1.807) is 4.90 Å². The van der Waals surface area contributed by atoms with Crippen LogP contribution in [0.3, 0.4) is 0 Å². The number of nitrogens with two attached hydrogens (primary N) is 1. The molecule has 1 amide bonds. The van der Waals surface area contributed by atoms with E-state index >= 15 is 0 Å². The molecule has 0 spiro atoms. The van der Waals surface area contributed by atoms with Gasteiger partial charge in [-0.25, -0.2) is 0 Å². The van der Waals surface area contributed by atoms with Crippen LogP contribution >= 0.6 is 0 Å². The van der Waals surface area contributed by atoms with Crippen LogP contribution in [0.1, 0.15) is 6.92 Å². The number of benzene rings is 1. The lowest BCUT2D eigenvalue weighted by Gasteiger charge is -2.38. The minimum absolute atomic E-state index is 0.0448. The van der Waals surface area contributed by atoms with Crippen molar-refractivity contribution in [1.82, 2.24) is 4.90 Å². The maximum absolute atomic E-state index is 12.5. The van der Waals surface area contributed by atoms with Gasteiger partial charge in [0, 0.05) is 19.6 Å². The average molecular weight is 263 g/mol. The van der Waals surface area contributed by atoms with Gasteiger partial charge in [0.1, 0.15) is 11.8 Å². The van der Waals surface area contributed by atoms with Gasteiger partial charge in [-0.1, -0.05) is 12.1 Å². The summed E-state index contributed by atoms with van der Waals surface area (Å²) < 4.78 is 5.60. The lowest BCUT2D eigenvalue weighted by atomic mass is 10.1. The summed E-state index contributed by atoms with van der Waals surface area (Å²) in [6.07, 6.45) is 0. The summed E-state index contributed by atoms with van der Waals surface area (Å²) in [6, 6.07) is 7.39. The third-order valence-corrected chi connectivity index (χ3v) is 3.44. The molecular weight excluding hydrogens is 242 g/mol. The van der Waals surface area contributed by atoms with Gasteiger partial charge in [-0.3, -0.25) is 9.69 Å². The minimum atomic E-state index is -0.247. The number of piperazine rings is 1. The van der Waals surface area contributed by atoms with Crippen LogP contribution in [-0.4, -0.2) is 50.1 Å². The monoisotopic (exact) mass is 263 g/mol. The zero-order valence-corrected chi connectivity index (χ0v) is 11.5.